The highest BCUT2D eigenvalue weighted by atomic mass is 32.1. The Hall–Kier alpha value is -2.90. The van der Waals surface area contributed by atoms with E-state index in [-0.39, 0.29) is 24.8 Å². The molecule has 2 aromatic carbocycles. The fraction of sp³-hybridized carbons (Fsp3) is 0.292. The van der Waals surface area contributed by atoms with Gasteiger partial charge in [0.15, 0.2) is 11.6 Å². The summed E-state index contributed by atoms with van der Waals surface area (Å²) in [5.41, 5.74) is 2.71. The Bertz CT molecular complexity index is 1080. The molecule has 0 radical (unpaired) electrons. The maximum Gasteiger partial charge on any atom is 0.255 e. The maximum atomic E-state index is 13.9. The Morgan fingerprint density at radius 1 is 1.19 bits per heavy atom. The van der Waals surface area contributed by atoms with Crippen molar-refractivity contribution in [3.8, 4) is 21.9 Å². The third kappa shape index (κ3) is 5.06. The molecule has 1 aliphatic carbocycles. The summed E-state index contributed by atoms with van der Waals surface area (Å²) in [4.78, 5) is 13.9. The van der Waals surface area contributed by atoms with E-state index in [4.69, 9.17) is 9.47 Å². The van der Waals surface area contributed by atoms with Crippen molar-refractivity contribution in [2.24, 2.45) is 5.92 Å². The van der Waals surface area contributed by atoms with E-state index in [2.05, 4.69) is 5.32 Å². The van der Waals surface area contributed by atoms with Gasteiger partial charge in [0.2, 0.25) is 0 Å². The Morgan fingerprint density at radius 2 is 2.00 bits per heavy atom. The van der Waals surface area contributed by atoms with Crippen LogP contribution in [0.3, 0.4) is 0 Å². The molecule has 1 aromatic heterocycles. The smallest absolute Gasteiger partial charge is 0.255 e. The van der Waals surface area contributed by atoms with Gasteiger partial charge in [-0.25, -0.2) is 4.39 Å². The summed E-state index contributed by atoms with van der Waals surface area (Å²) in [6.07, 6.45) is 2.30. The van der Waals surface area contributed by atoms with E-state index in [1.807, 2.05) is 17.5 Å². The fourth-order valence-corrected chi connectivity index (χ4v) is 4.19. The van der Waals surface area contributed by atoms with Crippen molar-refractivity contribution in [1.82, 2.24) is 5.32 Å². The number of amides is 1. The lowest BCUT2D eigenvalue weighted by molar-refractivity contribution is 0.0946. The van der Waals surface area contributed by atoms with Gasteiger partial charge in [0.25, 0.3) is 5.91 Å². The van der Waals surface area contributed by atoms with Crippen molar-refractivity contribution in [3.63, 3.8) is 0 Å². The number of ether oxygens (including phenoxy) is 2. The van der Waals surface area contributed by atoms with Crippen molar-refractivity contribution in [1.29, 1.82) is 0 Å². The van der Waals surface area contributed by atoms with Crippen molar-refractivity contribution < 1.29 is 23.8 Å². The van der Waals surface area contributed by atoms with E-state index in [0.717, 1.165) is 28.8 Å². The monoisotopic (exact) mass is 441 g/mol. The van der Waals surface area contributed by atoms with Gasteiger partial charge in [-0.3, -0.25) is 4.79 Å². The van der Waals surface area contributed by atoms with E-state index in [1.165, 1.54) is 30.6 Å². The van der Waals surface area contributed by atoms with E-state index < -0.39 is 5.82 Å². The maximum absolute atomic E-state index is 13.9. The first-order valence-corrected chi connectivity index (χ1v) is 11.0. The van der Waals surface area contributed by atoms with Gasteiger partial charge in [-0.1, -0.05) is 6.07 Å². The van der Waals surface area contributed by atoms with Crippen molar-refractivity contribution in [3.05, 3.63) is 70.4 Å². The predicted molar refractivity (Wildman–Crippen MR) is 118 cm³/mol. The average molecular weight is 442 g/mol. The highest BCUT2D eigenvalue weighted by Crippen LogP contribution is 2.35. The van der Waals surface area contributed by atoms with Crippen LogP contribution in [0.25, 0.3) is 10.4 Å². The normalized spacial score (nSPS) is 13.1. The summed E-state index contributed by atoms with van der Waals surface area (Å²) in [5, 5.41) is 14.4. The fourth-order valence-electron chi connectivity index (χ4n) is 3.28. The molecule has 7 heteroatoms. The molecule has 0 unspecified atom stereocenters. The van der Waals surface area contributed by atoms with Crippen LogP contribution in [0.5, 0.6) is 11.5 Å². The molecule has 3 aromatic rings. The molecule has 1 amide bonds. The van der Waals surface area contributed by atoms with Gasteiger partial charge in [0, 0.05) is 11.4 Å². The van der Waals surface area contributed by atoms with Gasteiger partial charge in [0.05, 0.1) is 25.9 Å². The van der Waals surface area contributed by atoms with Crippen LogP contribution in [0.1, 0.15) is 34.3 Å². The quantitative estimate of drug-likeness (QED) is 0.502. The van der Waals surface area contributed by atoms with Crippen molar-refractivity contribution >= 4 is 17.2 Å². The molecule has 2 N–H and O–H groups in total. The second kappa shape index (κ2) is 9.49. The topological polar surface area (TPSA) is 67.8 Å². The Morgan fingerprint density at radius 3 is 2.71 bits per heavy atom. The van der Waals surface area contributed by atoms with Gasteiger partial charge < -0.3 is 19.9 Å². The SMILES string of the molecule is COc1ccc(CNC(=O)c2cc(-c3sccc3CO)ccc2OCC2CC2)cc1F. The van der Waals surface area contributed by atoms with Crippen LogP contribution >= 0.6 is 11.3 Å². The van der Waals surface area contributed by atoms with Crippen LogP contribution in [-0.4, -0.2) is 24.7 Å². The molecule has 4 rings (SSSR count). The molecule has 0 aliphatic heterocycles. The lowest BCUT2D eigenvalue weighted by Crippen LogP contribution is -2.23. The summed E-state index contributed by atoms with van der Waals surface area (Å²) < 4.78 is 24.8. The summed E-state index contributed by atoms with van der Waals surface area (Å²) >= 11 is 1.51. The average Bonchev–Trinajstić information content (AvgIpc) is 3.50. The standard InChI is InChI=1S/C24H24FNO4S/c1-29-22-6-4-16(10-20(22)25)12-26-24(28)19-11-17(23-18(13-27)8-9-31-23)5-7-21(19)30-14-15-2-3-15/h4-11,15,27H,2-3,12-14H2,1H3,(H,26,28). The van der Waals surface area contributed by atoms with E-state index in [0.29, 0.717) is 29.4 Å². The summed E-state index contributed by atoms with van der Waals surface area (Å²) in [6, 6.07) is 12.0. The number of carbonyl (C=O) groups is 1. The minimum absolute atomic E-state index is 0.0661. The zero-order chi connectivity index (χ0) is 21.8. The molecule has 1 aliphatic rings. The number of aliphatic hydroxyl groups excluding tert-OH is 1. The van der Waals surface area contributed by atoms with Crippen LogP contribution in [0.2, 0.25) is 0 Å². The molecule has 5 nitrogen and oxygen atoms in total. The number of aliphatic hydroxyl groups is 1. The number of methoxy groups -OCH3 is 1. The zero-order valence-corrected chi connectivity index (χ0v) is 18.0. The molecule has 0 saturated heterocycles. The van der Waals surface area contributed by atoms with Gasteiger partial charge in [-0.15, -0.1) is 11.3 Å². The Labute approximate surface area is 184 Å². The third-order valence-corrected chi connectivity index (χ3v) is 6.25. The third-order valence-electron chi connectivity index (χ3n) is 5.24. The number of carbonyl (C=O) groups excluding carboxylic acids is 1. The van der Waals surface area contributed by atoms with Gasteiger partial charge in [-0.05, 0) is 77.2 Å². The van der Waals surface area contributed by atoms with Crippen molar-refractivity contribution in [2.75, 3.05) is 13.7 Å². The van der Waals surface area contributed by atoms with Gasteiger partial charge >= 0.3 is 0 Å². The molecule has 0 bridgehead atoms. The molecular formula is C24H24FNO4S. The predicted octanol–water partition coefficient (Wildman–Crippen LogP) is 4.77. The molecule has 162 valence electrons. The number of hydrogen-bond donors (Lipinski definition) is 2. The molecule has 1 fully saturated rings. The summed E-state index contributed by atoms with van der Waals surface area (Å²) in [5.74, 6) is 0.464. The first-order chi connectivity index (χ1) is 15.1. The lowest BCUT2D eigenvalue weighted by atomic mass is 10.0. The second-order valence-corrected chi connectivity index (χ2v) is 8.47. The molecule has 31 heavy (non-hydrogen) atoms. The zero-order valence-electron chi connectivity index (χ0n) is 17.2. The number of rotatable bonds is 9. The van der Waals surface area contributed by atoms with E-state index >= 15 is 0 Å². The van der Waals surface area contributed by atoms with E-state index in [1.54, 1.807) is 18.2 Å². The number of halogens is 1. The summed E-state index contributed by atoms with van der Waals surface area (Å²) in [6.45, 7) is 0.695. The molecule has 1 saturated carbocycles. The molecule has 0 atom stereocenters. The number of thiophene rings is 1. The Kier molecular flexibility index (Phi) is 6.53. The molecule has 0 spiro atoms. The molecular weight excluding hydrogens is 417 g/mol. The highest BCUT2D eigenvalue weighted by Gasteiger charge is 2.23. The lowest BCUT2D eigenvalue weighted by Gasteiger charge is -2.14. The van der Waals surface area contributed by atoms with Crippen LogP contribution in [0, 0.1) is 11.7 Å². The number of hydrogen-bond acceptors (Lipinski definition) is 5. The Balaban J connectivity index is 1.56. The minimum atomic E-state index is -0.473. The molecule has 1 heterocycles. The minimum Gasteiger partial charge on any atom is -0.494 e. The van der Waals surface area contributed by atoms with Crippen LogP contribution in [0.15, 0.2) is 47.8 Å². The number of nitrogens with one attached hydrogen (secondary N) is 1. The van der Waals surface area contributed by atoms with E-state index in [9.17, 15) is 14.3 Å². The second-order valence-electron chi connectivity index (χ2n) is 7.55. The first kappa shape index (κ1) is 21.3. The van der Waals surface area contributed by atoms with Gasteiger partial charge in [-0.2, -0.15) is 0 Å². The number of benzene rings is 2. The van der Waals surface area contributed by atoms with Gasteiger partial charge in [0.1, 0.15) is 5.75 Å². The van der Waals surface area contributed by atoms with Crippen LogP contribution < -0.4 is 14.8 Å². The first-order valence-electron chi connectivity index (χ1n) is 10.1. The highest BCUT2D eigenvalue weighted by molar-refractivity contribution is 7.13. The summed E-state index contributed by atoms with van der Waals surface area (Å²) in [7, 11) is 1.41. The van der Waals surface area contributed by atoms with Crippen molar-refractivity contribution in [2.45, 2.75) is 26.0 Å². The largest absolute Gasteiger partial charge is 0.494 e. The van der Waals surface area contributed by atoms with Crippen LogP contribution in [-0.2, 0) is 13.2 Å². The van der Waals surface area contributed by atoms with Crippen LogP contribution in [0.4, 0.5) is 4.39 Å².